The first kappa shape index (κ1) is 36.1. The van der Waals surface area contributed by atoms with Crippen LogP contribution in [-0.2, 0) is 4.57 Å². The zero-order valence-electron chi connectivity index (χ0n) is 24.1. The van der Waals surface area contributed by atoms with E-state index in [0.29, 0.717) is 13.0 Å². The summed E-state index contributed by atoms with van der Waals surface area (Å²) in [7, 11) is -3.77. The normalized spacial score (nSPS) is 12.0. The fourth-order valence-electron chi connectivity index (χ4n) is 5.20. The third-order valence-corrected chi connectivity index (χ3v) is 8.51. The van der Waals surface area contributed by atoms with Crippen molar-refractivity contribution in [2.45, 2.75) is 186 Å². The molecule has 0 aromatic carbocycles. The molecule has 4 nitrogen and oxygen atoms in total. The molecule has 0 heterocycles. The average Bonchev–Trinajstić information content (AvgIpc) is 2.84. The molecule has 218 valence electrons. The first-order chi connectivity index (χ1) is 17.6. The second-order valence-electron chi connectivity index (χ2n) is 11.4. The third kappa shape index (κ3) is 34.1. The van der Waals surface area contributed by atoms with Crippen molar-refractivity contribution in [2.24, 2.45) is 0 Å². The molecule has 0 aromatic heterocycles. The lowest BCUT2D eigenvalue weighted by molar-refractivity contribution is 0.282. The molecule has 0 unspecified atom stereocenters. The van der Waals surface area contributed by atoms with Gasteiger partial charge in [-0.25, -0.2) is 0 Å². The number of aliphatic hydroxyl groups is 1. The van der Waals surface area contributed by atoms with Gasteiger partial charge in [-0.2, -0.15) is 0 Å². The van der Waals surface area contributed by atoms with Crippen LogP contribution in [0.25, 0.3) is 0 Å². The van der Waals surface area contributed by atoms with Crippen molar-refractivity contribution in [3.05, 3.63) is 0 Å². The minimum Gasteiger partial charge on any atom is -0.396 e. The molecule has 0 amide bonds. The molecule has 3 N–H and O–H groups in total. The summed E-state index contributed by atoms with van der Waals surface area (Å²) in [4.78, 5) is 17.7. The SMILES string of the molecule is O=P(O)(O)CCCCCCCCCCCCCCCCCCCCCCCCCCCCCCCO. The van der Waals surface area contributed by atoms with E-state index in [1.807, 2.05) is 0 Å². The summed E-state index contributed by atoms with van der Waals surface area (Å²) in [6.45, 7) is 0.362. The van der Waals surface area contributed by atoms with E-state index in [2.05, 4.69) is 0 Å². The fourth-order valence-corrected chi connectivity index (χ4v) is 5.84. The van der Waals surface area contributed by atoms with Crippen molar-refractivity contribution >= 4 is 7.60 Å². The van der Waals surface area contributed by atoms with E-state index in [9.17, 15) is 4.57 Å². The summed E-state index contributed by atoms with van der Waals surface area (Å²) >= 11 is 0. The predicted molar refractivity (Wildman–Crippen MR) is 158 cm³/mol. The molecule has 0 fully saturated rings. The number of hydrogen-bond acceptors (Lipinski definition) is 2. The van der Waals surface area contributed by atoms with Crippen molar-refractivity contribution in [3.63, 3.8) is 0 Å². The van der Waals surface area contributed by atoms with Gasteiger partial charge in [-0.3, -0.25) is 4.57 Å². The van der Waals surface area contributed by atoms with Gasteiger partial charge in [-0.15, -0.1) is 0 Å². The Morgan fingerprint density at radius 3 is 0.639 bits per heavy atom. The molecule has 0 spiro atoms. The second-order valence-corrected chi connectivity index (χ2v) is 13.1. The molecule has 0 rings (SSSR count). The molecule has 0 bridgehead atoms. The van der Waals surface area contributed by atoms with E-state index in [1.165, 1.54) is 161 Å². The summed E-state index contributed by atoms with van der Waals surface area (Å²) in [5.74, 6) is 0. The van der Waals surface area contributed by atoms with E-state index in [0.717, 1.165) is 19.3 Å². The summed E-state index contributed by atoms with van der Waals surface area (Å²) < 4.78 is 10.8. The van der Waals surface area contributed by atoms with Crippen LogP contribution >= 0.6 is 7.60 Å². The Morgan fingerprint density at radius 1 is 0.306 bits per heavy atom. The number of unbranched alkanes of at least 4 members (excludes halogenated alkanes) is 28. The van der Waals surface area contributed by atoms with Gasteiger partial charge in [-0.05, 0) is 12.8 Å². The van der Waals surface area contributed by atoms with Crippen LogP contribution in [0.15, 0.2) is 0 Å². The van der Waals surface area contributed by atoms with Crippen LogP contribution in [0.1, 0.15) is 186 Å². The van der Waals surface area contributed by atoms with Crippen molar-refractivity contribution in [3.8, 4) is 0 Å². The Bertz CT molecular complexity index is 452. The summed E-state index contributed by atoms with van der Waals surface area (Å²) in [5.41, 5.74) is 0. The van der Waals surface area contributed by atoms with Gasteiger partial charge >= 0.3 is 7.60 Å². The molecular weight excluding hydrogens is 467 g/mol. The molecule has 0 aromatic rings. The first-order valence-corrected chi connectivity index (χ1v) is 18.0. The van der Waals surface area contributed by atoms with Gasteiger partial charge in [0.1, 0.15) is 0 Å². The van der Waals surface area contributed by atoms with E-state index in [-0.39, 0.29) is 6.16 Å². The van der Waals surface area contributed by atoms with Crippen LogP contribution in [0, 0.1) is 0 Å². The van der Waals surface area contributed by atoms with E-state index < -0.39 is 7.60 Å². The van der Waals surface area contributed by atoms with Gasteiger partial charge in [-0.1, -0.05) is 173 Å². The van der Waals surface area contributed by atoms with E-state index in [1.54, 1.807) is 0 Å². The Hall–Kier alpha value is 0.110. The summed E-state index contributed by atoms with van der Waals surface area (Å²) in [6, 6.07) is 0. The van der Waals surface area contributed by atoms with E-state index in [4.69, 9.17) is 14.9 Å². The van der Waals surface area contributed by atoms with Gasteiger partial charge in [0, 0.05) is 12.8 Å². The molecule has 0 saturated carbocycles. The Kier molecular flexibility index (Phi) is 29.8. The zero-order valence-corrected chi connectivity index (χ0v) is 25.0. The molecule has 0 saturated heterocycles. The number of rotatable bonds is 31. The van der Waals surface area contributed by atoms with Gasteiger partial charge < -0.3 is 14.9 Å². The van der Waals surface area contributed by atoms with Crippen LogP contribution in [0.2, 0.25) is 0 Å². The summed E-state index contributed by atoms with van der Waals surface area (Å²) in [6.07, 6.45) is 38.5. The minimum atomic E-state index is -3.77. The Balaban J connectivity index is 3.04. The molecule has 0 aliphatic heterocycles. The highest BCUT2D eigenvalue weighted by Crippen LogP contribution is 2.35. The van der Waals surface area contributed by atoms with Crippen molar-refractivity contribution in [1.29, 1.82) is 0 Å². The van der Waals surface area contributed by atoms with Crippen molar-refractivity contribution < 1.29 is 19.5 Å². The van der Waals surface area contributed by atoms with Crippen LogP contribution in [-0.4, -0.2) is 27.7 Å². The maximum Gasteiger partial charge on any atom is 0.325 e. The smallest absolute Gasteiger partial charge is 0.325 e. The van der Waals surface area contributed by atoms with Gasteiger partial charge in [0.15, 0.2) is 0 Å². The zero-order chi connectivity index (χ0) is 26.4. The summed E-state index contributed by atoms with van der Waals surface area (Å²) in [5, 5.41) is 8.77. The highest BCUT2D eigenvalue weighted by molar-refractivity contribution is 7.51. The fraction of sp³-hybridized carbons (Fsp3) is 1.00. The minimum absolute atomic E-state index is 0.0581. The quantitative estimate of drug-likeness (QED) is 0.0613. The standard InChI is InChI=1S/C31H65O4P/c32-30-28-26-24-22-20-18-16-14-12-10-8-6-4-2-1-3-5-7-9-11-13-15-17-19-21-23-25-27-29-31-36(33,34)35/h32H,1-31H2,(H2,33,34,35). The maximum atomic E-state index is 10.8. The van der Waals surface area contributed by atoms with Gasteiger partial charge in [0.25, 0.3) is 0 Å². The Morgan fingerprint density at radius 2 is 0.472 bits per heavy atom. The molecule has 36 heavy (non-hydrogen) atoms. The Labute approximate surface area is 226 Å². The molecular formula is C31H65O4P. The topological polar surface area (TPSA) is 77.8 Å². The molecule has 0 aliphatic rings. The third-order valence-electron chi connectivity index (χ3n) is 7.61. The van der Waals surface area contributed by atoms with Crippen LogP contribution in [0.4, 0.5) is 0 Å². The molecule has 5 heteroatoms. The van der Waals surface area contributed by atoms with Crippen molar-refractivity contribution in [1.82, 2.24) is 0 Å². The van der Waals surface area contributed by atoms with Crippen LogP contribution in [0.3, 0.4) is 0 Å². The number of aliphatic hydroxyl groups excluding tert-OH is 1. The lowest BCUT2D eigenvalue weighted by atomic mass is 10.0. The largest absolute Gasteiger partial charge is 0.396 e. The van der Waals surface area contributed by atoms with Crippen molar-refractivity contribution in [2.75, 3.05) is 12.8 Å². The number of hydrogen-bond donors (Lipinski definition) is 3. The van der Waals surface area contributed by atoms with Crippen LogP contribution in [0.5, 0.6) is 0 Å². The highest BCUT2D eigenvalue weighted by atomic mass is 31.2. The van der Waals surface area contributed by atoms with Crippen LogP contribution < -0.4 is 0 Å². The van der Waals surface area contributed by atoms with Gasteiger partial charge in [0.05, 0.1) is 0 Å². The van der Waals surface area contributed by atoms with E-state index >= 15 is 0 Å². The maximum absolute atomic E-state index is 10.8. The first-order valence-electron chi connectivity index (χ1n) is 16.2. The molecule has 0 aliphatic carbocycles. The lowest BCUT2D eigenvalue weighted by Crippen LogP contribution is -1.88. The lowest BCUT2D eigenvalue weighted by Gasteiger charge is -2.05. The monoisotopic (exact) mass is 532 g/mol. The average molecular weight is 533 g/mol. The second kappa shape index (κ2) is 29.7. The highest BCUT2D eigenvalue weighted by Gasteiger charge is 2.10. The molecule has 0 atom stereocenters. The van der Waals surface area contributed by atoms with Gasteiger partial charge in [0.2, 0.25) is 0 Å². The predicted octanol–water partition coefficient (Wildman–Crippen LogP) is 10.5. The molecule has 0 radical (unpaired) electrons.